The summed E-state index contributed by atoms with van der Waals surface area (Å²) in [6, 6.07) is 10.1. The highest BCUT2D eigenvalue weighted by Gasteiger charge is 1.95. The fraction of sp³-hybridized carbons (Fsp3) is 0.357. The Hall–Kier alpha value is -1.08. The Kier molecular flexibility index (Phi) is 11.3. The number of guanidine groups is 1. The monoisotopic (exact) mass is 375 g/mol. The number of aliphatic imine (C=N–C) groups is 1. The van der Waals surface area contributed by atoms with Crippen LogP contribution < -0.4 is 10.6 Å². The maximum absolute atomic E-state index is 5.55. The van der Waals surface area contributed by atoms with E-state index in [4.69, 9.17) is 4.74 Å². The fourth-order valence-corrected chi connectivity index (χ4v) is 1.40. The van der Waals surface area contributed by atoms with E-state index in [1.807, 2.05) is 18.2 Å². The Balaban J connectivity index is 0.00000324. The Morgan fingerprint density at radius 2 is 2.05 bits per heavy atom. The number of hydrogen-bond acceptors (Lipinski definition) is 2. The Morgan fingerprint density at radius 3 is 2.68 bits per heavy atom. The van der Waals surface area contributed by atoms with Gasteiger partial charge < -0.3 is 15.4 Å². The van der Waals surface area contributed by atoms with Gasteiger partial charge in [-0.3, -0.25) is 4.99 Å². The zero-order chi connectivity index (χ0) is 13.1. The third-order valence-electron chi connectivity index (χ3n) is 2.29. The summed E-state index contributed by atoms with van der Waals surface area (Å²) in [7, 11) is 1.74. The molecule has 106 valence electrons. The topological polar surface area (TPSA) is 45.7 Å². The largest absolute Gasteiger partial charge is 0.375 e. The number of ether oxygens (including phenoxy) is 1. The second-order valence-corrected chi connectivity index (χ2v) is 3.71. The number of nitrogens with one attached hydrogen (secondary N) is 2. The molecule has 19 heavy (non-hydrogen) atoms. The lowest BCUT2D eigenvalue weighted by Gasteiger charge is -2.10. The summed E-state index contributed by atoms with van der Waals surface area (Å²) in [5.41, 5.74) is 1.19. The molecule has 0 radical (unpaired) electrons. The van der Waals surface area contributed by atoms with Gasteiger partial charge in [-0.05, 0) is 5.56 Å². The second kappa shape index (κ2) is 12.0. The lowest BCUT2D eigenvalue weighted by molar-refractivity contribution is 0.125. The van der Waals surface area contributed by atoms with Crippen LogP contribution in [0.2, 0.25) is 0 Å². The highest BCUT2D eigenvalue weighted by Crippen LogP contribution is 1.99. The molecule has 0 heterocycles. The normalized spacial score (nSPS) is 10.5. The van der Waals surface area contributed by atoms with Crippen LogP contribution in [0, 0.1) is 0 Å². The third kappa shape index (κ3) is 8.61. The number of hydrogen-bond donors (Lipinski definition) is 2. The average molecular weight is 375 g/mol. The minimum Gasteiger partial charge on any atom is -0.375 e. The molecule has 0 saturated carbocycles. The van der Waals surface area contributed by atoms with Gasteiger partial charge in [0.15, 0.2) is 5.96 Å². The van der Waals surface area contributed by atoms with Crippen molar-refractivity contribution in [2.75, 3.05) is 26.7 Å². The maximum Gasteiger partial charge on any atom is 0.191 e. The summed E-state index contributed by atoms with van der Waals surface area (Å²) >= 11 is 0. The molecule has 0 bridgehead atoms. The van der Waals surface area contributed by atoms with E-state index in [2.05, 4.69) is 34.3 Å². The van der Waals surface area contributed by atoms with Gasteiger partial charge in [0.1, 0.15) is 0 Å². The van der Waals surface area contributed by atoms with Crippen molar-refractivity contribution in [2.24, 2.45) is 4.99 Å². The molecule has 1 rings (SSSR count). The van der Waals surface area contributed by atoms with Crippen molar-refractivity contribution >= 4 is 29.9 Å². The zero-order valence-electron chi connectivity index (χ0n) is 11.3. The van der Waals surface area contributed by atoms with Gasteiger partial charge in [-0.2, -0.15) is 0 Å². The molecule has 0 aliphatic rings. The fourth-order valence-electron chi connectivity index (χ4n) is 1.40. The standard InChI is InChI=1S/C14H21N3O.HI/c1-3-9-16-14(15-2)17-10-11-18-12-13-7-5-4-6-8-13;/h3-8H,1,9-12H2,2H3,(H2,15,16,17);1H. The number of halogens is 1. The van der Waals surface area contributed by atoms with Crippen LogP contribution in [0.25, 0.3) is 0 Å². The first-order valence-corrected chi connectivity index (χ1v) is 6.04. The van der Waals surface area contributed by atoms with Crippen molar-refractivity contribution in [3.8, 4) is 0 Å². The van der Waals surface area contributed by atoms with Crippen molar-refractivity contribution in [2.45, 2.75) is 6.61 Å². The van der Waals surface area contributed by atoms with Gasteiger partial charge in [0, 0.05) is 20.1 Å². The predicted octanol–water partition coefficient (Wildman–Crippen LogP) is 2.17. The predicted molar refractivity (Wildman–Crippen MR) is 91.1 cm³/mol. The maximum atomic E-state index is 5.55. The summed E-state index contributed by atoms with van der Waals surface area (Å²) < 4.78 is 5.55. The highest BCUT2D eigenvalue weighted by atomic mass is 127. The molecule has 1 aromatic carbocycles. The van der Waals surface area contributed by atoms with Crippen molar-refractivity contribution in [3.63, 3.8) is 0 Å². The number of benzene rings is 1. The van der Waals surface area contributed by atoms with E-state index < -0.39 is 0 Å². The van der Waals surface area contributed by atoms with E-state index in [9.17, 15) is 0 Å². The van der Waals surface area contributed by atoms with Crippen LogP contribution in [0.5, 0.6) is 0 Å². The van der Waals surface area contributed by atoms with Gasteiger partial charge in [0.25, 0.3) is 0 Å². The lowest BCUT2D eigenvalue weighted by atomic mass is 10.2. The van der Waals surface area contributed by atoms with E-state index in [1.54, 1.807) is 13.1 Å². The average Bonchev–Trinajstić information content (AvgIpc) is 2.43. The molecule has 0 aliphatic carbocycles. The second-order valence-electron chi connectivity index (χ2n) is 3.71. The molecule has 0 aliphatic heterocycles. The lowest BCUT2D eigenvalue weighted by Crippen LogP contribution is -2.38. The summed E-state index contributed by atoms with van der Waals surface area (Å²) in [6.07, 6.45) is 1.79. The molecular formula is C14H22IN3O. The number of nitrogens with zero attached hydrogens (tertiary/aromatic N) is 1. The third-order valence-corrected chi connectivity index (χ3v) is 2.29. The summed E-state index contributed by atoms with van der Waals surface area (Å²) in [5.74, 6) is 0.762. The van der Waals surface area contributed by atoms with E-state index in [0.29, 0.717) is 19.8 Å². The molecule has 2 N–H and O–H groups in total. The van der Waals surface area contributed by atoms with Gasteiger partial charge in [0.05, 0.1) is 13.2 Å². The van der Waals surface area contributed by atoms with E-state index in [1.165, 1.54) is 5.56 Å². The summed E-state index contributed by atoms with van der Waals surface area (Å²) in [4.78, 5) is 4.07. The van der Waals surface area contributed by atoms with Crippen LogP contribution in [0.1, 0.15) is 5.56 Å². The first kappa shape index (κ1) is 17.9. The Bertz CT molecular complexity index is 368. The minimum atomic E-state index is 0. The van der Waals surface area contributed by atoms with Crippen molar-refractivity contribution in [1.29, 1.82) is 0 Å². The van der Waals surface area contributed by atoms with Crippen molar-refractivity contribution in [3.05, 3.63) is 48.6 Å². The Morgan fingerprint density at radius 1 is 1.32 bits per heavy atom. The van der Waals surface area contributed by atoms with Gasteiger partial charge >= 0.3 is 0 Å². The minimum absolute atomic E-state index is 0. The highest BCUT2D eigenvalue weighted by molar-refractivity contribution is 14.0. The SMILES string of the molecule is C=CCNC(=NC)NCCOCc1ccccc1.I. The molecule has 0 unspecified atom stereocenters. The van der Waals surface area contributed by atoms with E-state index in [0.717, 1.165) is 12.5 Å². The summed E-state index contributed by atoms with van der Waals surface area (Å²) in [6.45, 7) is 6.35. The first-order chi connectivity index (χ1) is 8.86. The van der Waals surface area contributed by atoms with Crippen LogP contribution in [0.3, 0.4) is 0 Å². The Labute approximate surface area is 132 Å². The molecule has 0 atom stereocenters. The van der Waals surface area contributed by atoms with Gasteiger partial charge in [-0.1, -0.05) is 36.4 Å². The van der Waals surface area contributed by atoms with Crippen LogP contribution in [-0.4, -0.2) is 32.7 Å². The smallest absolute Gasteiger partial charge is 0.191 e. The summed E-state index contributed by atoms with van der Waals surface area (Å²) in [5, 5.41) is 6.25. The molecule has 0 amide bonds. The first-order valence-electron chi connectivity index (χ1n) is 6.04. The van der Waals surface area contributed by atoms with Crippen LogP contribution in [0.4, 0.5) is 0 Å². The van der Waals surface area contributed by atoms with Gasteiger partial charge in [-0.25, -0.2) is 0 Å². The van der Waals surface area contributed by atoms with Gasteiger partial charge in [0.2, 0.25) is 0 Å². The quantitative estimate of drug-likeness (QED) is 0.253. The molecule has 1 aromatic rings. The van der Waals surface area contributed by atoms with Gasteiger partial charge in [-0.15, -0.1) is 30.6 Å². The number of rotatable bonds is 7. The molecule has 4 nitrogen and oxygen atoms in total. The van der Waals surface area contributed by atoms with Crippen LogP contribution in [0.15, 0.2) is 48.0 Å². The molecular weight excluding hydrogens is 353 g/mol. The van der Waals surface area contributed by atoms with E-state index in [-0.39, 0.29) is 24.0 Å². The van der Waals surface area contributed by atoms with Crippen molar-refractivity contribution in [1.82, 2.24) is 10.6 Å². The molecule has 0 saturated heterocycles. The van der Waals surface area contributed by atoms with E-state index >= 15 is 0 Å². The van der Waals surface area contributed by atoms with Crippen molar-refractivity contribution < 1.29 is 4.74 Å². The zero-order valence-corrected chi connectivity index (χ0v) is 13.6. The molecule has 0 spiro atoms. The van der Waals surface area contributed by atoms with Crippen LogP contribution >= 0.6 is 24.0 Å². The molecule has 0 aromatic heterocycles. The molecule has 0 fully saturated rings. The van der Waals surface area contributed by atoms with Crippen LogP contribution in [-0.2, 0) is 11.3 Å². The molecule has 5 heteroatoms.